The molecule has 0 saturated carbocycles. The van der Waals surface area contributed by atoms with Gasteiger partial charge in [-0.15, -0.1) is 0 Å². The quantitative estimate of drug-likeness (QED) is 0.632. The Morgan fingerprint density at radius 1 is 1.31 bits per heavy atom. The largest absolute Gasteiger partial charge is 0.472 e. The Balaban J connectivity index is 1.50. The van der Waals surface area contributed by atoms with Gasteiger partial charge in [-0.3, -0.25) is 9.69 Å². The normalized spacial score (nSPS) is 23.3. The summed E-state index contributed by atoms with van der Waals surface area (Å²) in [5.41, 5.74) is 10.4. The Labute approximate surface area is 188 Å². The van der Waals surface area contributed by atoms with Gasteiger partial charge in [-0.25, -0.2) is 0 Å². The van der Waals surface area contributed by atoms with Crippen molar-refractivity contribution in [2.24, 2.45) is 5.73 Å². The van der Waals surface area contributed by atoms with Crippen LogP contribution in [0, 0.1) is 6.92 Å². The van der Waals surface area contributed by atoms with Crippen molar-refractivity contribution in [1.82, 2.24) is 10.2 Å². The molecule has 4 rings (SSSR count). The van der Waals surface area contributed by atoms with Crippen molar-refractivity contribution in [2.75, 3.05) is 26.5 Å². The van der Waals surface area contributed by atoms with Gasteiger partial charge in [0.1, 0.15) is 5.75 Å². The molecule has 4 N–H and O–H groups in total. The van der Waals surface area contributed by atoms with Crippen molar-refractivity contribution in [2.45, 2.75) is 38.3 Å². The van der Waals surface area contributed by atoms with Crippen molar-refractivity contribution >= 4 is 5.91 Å². The SMILES string of the molecule is Cc1cc2c(cc1CC1=CCC=C(N/C=C\CN)C=C1)C(=O)N([C@H]1COCC[C@@H]1O)CO2. The van der Waals surface area contributed by atoms with E-state index in [2.05, 4.69) is 23.5 Å². The molecule has 0 aromatic heterocycles. The van der Waals surface area contributed by atoms with E-state index in [-0.39, 0.29) is 18.7 Å². The number of carbonyl (C=O) groups is 1. The third-order valence-electron chi connectivity index (χ3n) is 6.07. The van der Waals surface area contributed by atoms with E-state index in [9.17, 15) is 9.90 Å². The number of nitrogens with one attached hydrogen (secondary N) is 1. The van der Waals surface area contributed by atoms with Gasteiger partial charge in [0.25, 0.3) is 5.91 Å². The van der Waals surface area contributed by atoms with E-state index in [1.54, 1.807) is 4.90 Å². The van der Waals surface area contributed by atoms with E-state index in [0.717, 1.165) is 29.7 Å². The Hall–Kier alpha value is -2.87. The molecule has 0 spiro atoms. The van der Waals surface area contributed by atoms with E-state index < -0.39 is 6.10 Å². The number of amides is 1. The number of rotatable bonds is 6. The van der Waals surface area contributed by atoms with Crippen LogP contribution in [0.25, 0.3) is 0 Å². The van der Waals surface area contributed by atoms with Gasteiger partial charge in [-0.05, 0) is 67.3 Å². The lowest BCUT2D eigenvalue weighted by molar-refractivity contribution is -0.0696. The number of nitrogens with two attached hydrogens (primary N) is 1. The van der Waals surface area contributed by atoms with E-state index in [1.807, 2.05) is 37.4 Å². The maximum absolute atomic E-state index is 13.3. The summed E-state index contributed by atoms with van der Waals surface area (Å²) in [6.07, 6.45) is 13.6. The predicted molar refractivity (Wildman–Crippen MR) is 123 cm³/mol. The molecule has 3 aliphatic rings. The summed E-state index contributed by atoms with van der Waals surface area (Å²) >= 11 is 0. The number of carbonyl (C=O) groups excluding carboxylic acids is 1. The summed E-state index contributed by atoms with van der Waals surface area (Å²) in [6.45, 7) is 3.50. The molecule has 0 unspecified atom stereocenters. The highest BCUT2D eigenvalue weighted by Crippen LogP contribution is 2.32. The number of allylic oxidation sites excluding steroid dienone is 5. The molecule has 1 aromatic carbocycles. The minimum absolute atomic E-state index is 0.118. The van der Waals surface area contributed by atoms with Gasteiger partial charge in [-0.1, -0.05) is 24.3 Å². The molecule has 0 radical (unpaired) electrons. The van der Waals surface area contributed by atoms with Gasteiger partial charge >= 0.3 is 0 Å². The molecule has 1 aliphatic carbocycles. The summed E-state index contributed by atoms with van der Waals surface area (Å²) in [4.78, 5) is 14.8. The van der Waals surface area contributed by atoms with Crippen molar-refractivity contribution in [1.29, 1.82) is 0 Å². The summed E-state index contributed by atoms with van der Waals surface area (Å²) in [7, 11) is 0. The zero-order valence-electron chi connectivity index (χ0n) is 18.4. The van der Waals surface area contributed by atoms with Crippen molar-refractivity contribution < 1.29 is 19.4 Å². The summed E-state index contributed by atoms with van der Waals surface area (Å²) in [5, 5.41) is 13.6. The number of aryl methyl sites for hydroxylation is 1. The fourth-order valence-electron chi connectivity index (χ4n) is 4.16. The van der Waals surface area contributed by atoms with E-state index >= 15 is 0 Å². The average Bonchev–Trinajstić information content (AvgIpc) is 3.01. The summed E-state index contributed by atoms with van der Waals surface area (Å²) in [6, 6.07) is 3.50. The number of benzene rings is 1. The maximum Gasteiger partial charge on any atom is 0.260 e. The molecule has 7 nitrogen and oxygen atoms in total. The first-order chi connectivity index (χ1) is 15.6. The molecule has 2 heterocycles. The van der Waals surface area contributed by atoms with Crippen LogP contribution in [-0.4, -0.2) is 54.5 Å². The highest BCUT2D eigenvalue weighted by atomic mass is 16.5. The lowest BCUT2D eigenvalue weighted by Crippen LogP contribution is -2.54. The van der Waals surface area contributed by atoms with Crippen LogP contribution in [0.2, 0.25) is 0 Å². The average molecular weight is 438 g/mol. The zero-order valence-corrected chi connectivity index (χ0v) is 18.4. The topological polar surface area (TPSA) is 97.1 Å². The van der Waals surface area contributed by atoms with E-state index in [0.29, 0.717) is 37.5 Å². The Kier molecular flexibility index (Phi) is 7.09. The van der Waals surface area contributed by atoms with Crippen LogP contribution in [0.4, 0.5) is 0 Å². The van der Waals surface area contributed by atoms with Crippen molar-refractivity contribution in [3.05, 3.63) is 76.7 Å². The van der Waals surface area contributed by atoms with Crippen LogP contribution in [0.1, 0.15) is 34.3 Å². The van der Waals surface area contributed by atoms with E-state index in [1.165, 1.54) is 5.57 Å². The van der Waals surface area contributed by atoms with Crippen LogP contribution in [0.15, 0.2) is 60.0 Å². The molecule has 1 amide bonds. The Morgan fingerprint density at radius 3 is 3.00 bits per heavy atom. The summed E-state index contributed by atoms with van der Waals surface area (Å²) < 4.78 is 11.4. The number of aliphatic hydroxyl groups is 1. The Morgan fingerprint density at radius 2 is 2.19 bits per heavy atom. The first-order valence-electron chi connectivity index (χ1n) is 11.1. The van der Waals surface area contributed by atoms with Gasteiger partial charge in [0, 0.05) is 18.8 Å². The fourth-order valence-corrected chi connectivity index (χ4v) is 4.16. The van der Waals surface area contributed by atoms with Gasteiger partial charge in [-0.2, -0.15) is 0 Å². The molecule has 1 fully saturated rings. The number of ether oxygens (including phenoxy) is 2. The molecule has 2 atom stereocenters. The number of fused-ring (bicyclic) bond motifs is 1. The molecule has 7 heteroatoms. The van der Waals surface area contributed by atoms with Crippen LogP contribution < -0.4 is 15.8 Å². The third-order valence-corrected chi connectivity index (χ3v) is 6.07. The highest BCUT2D eigenvalue weighted by molar-refractivity contribution is 5.98. The first-order valence-corrected chi connectivity index (χ1v) is 11.1. The van der Waals surface area contributed by atoms with Crippen LogP contribution in [0.5, 0.6) is 5.75 Å². The number of aliphatic hydroxyl groups excluding tert-OH is 1. The highest BCUT2D eigenvalue weighted by Gasteiger charge is 2.37. The van der Waals surface area contributed by atoms with Crippen LogP contribution in [-0.2, 0) is 11.2 Å². The standard InChI is InChI=1S/C25H31N3O4/c1-17-12-24-21(25(30)28(16-32-24)22-15-31-11-8-23(22)29)14-19(17)13-18-4-2-5-20(7-6-18)27-10-3-9-26/h3-7,10,12,14,22-23,27,29H,2,8-9,11,13,15-16,26H2,1H3/b10-3-/t22-,23-/m0/s1. The maximum atomic E-state index is 13.3. The first kappa shape index (κ1) is 22.3. The molecular weight excluding hydrogens is 406 g/mol. The number of hydrogen-bond donors (Lipinski definition) is 3. The minimum Gasteiger partial charge on any atom is -0.472 e. The molecule has 170 valence electrons. The fraction of sp³-hybridized carbons (Fsp3) is 0.400. The zero-order chi connectivity index (χ0) is 22.5. The molecule has 1 aromatic rings. The summed E-state index contributed by atoms with van der Waals surface area (Å²) in [5.74, 6) is 0.483. The monoisotopic (exact) mass is 437 g/mol. The second-order valence-electron chi connectivity index (χ2n) is 8.29. The number of hydrogen-bond acceptors (Lipinski definition) is 6. The second kappa shape index (κ2) is 10.2. The lowest BCUT2D eigenvalue weighted by Gasteiger charge is -2.39. The molecule has 0 bridgehead atoms. The van der Waals surface area contributed by atoms with Crippen LogP contribution >= 0.6 is 0 Å². The minimum atomic E-state index is -0.598. The molecule has 2 aliphatic heterocycles. The Bertz CT molecular complexity index is 980. The van der Waals surface area contributed by atoms with Crippen molar-refractivity contribution in [3.8, 4) is 5.75 Å². The molecule has 1 saturated heterocycles. The second-order valence-corrected chi connectivity index (χ2v) is 8.29. The third kappa shape index (κ3) is 4.96. The molecular formula is C25H31N3O4. The molecule has 32 heavy (non-hydrogen) atoms. The van der Waals surface area contributed by atoms with Gasteiger partial charge in [0.05, 0.1) is 24.3 Å². The number of nitrogens with zero attached hydrogens (tertiary/aromatic N) is 1. The lowest BCUT2D eigenvalue weighted by atomic mass is 9.95. The van der Waals surface area contributed by atoms with Crippen molar-refractivity contribution in [3.63, 3.8) is 0 Å². The predicted octanol–water partition coefficient (Wildman–Crippen LogP) is 2.31. The van der Waals surface area contributed by atoms with Gasteiger partial charge in [0.2, 0.25) is 0 Å². The van der Waals surface area contributed by atoms with E-state index in [4.69, 9.17) is 15.2 Å². The van der Waals surface area contributed by atoms with Gasteiger partial charge < -0.3 is 25.6 Å². The smallest absolute Gasteiger partial charge is 0.260 e. The van der Waals surface area contributed by atoms with Crippen LogP contribution in [0.3, 0.4) is 0 Å². The van der Waals surface area contributed by atoms with Gasteiger partial charge in [0.15, 0.2) is 6.73 Å².